The lowest BCUT2D eigenvalue weighted by molar-refractivity contribution is -0.165. The van der Waals surface area contributed by atoms with Gasteiger partial charge in [0.1, 0.15) is 18.9 Å². The molecule has 1 aromatic carbocycles. The van der Waals surface area contributed by atoms with Crippen LogP contribution < -0.4 is 10.6 Å². The molecule has 0 radical (unpaired) electrons. The Kier molecular flexibility index (Phi) is 18.1. The number of rotatable bonds is 17. The van der Waals surface area contributed by atoms with Crippen LogP contribution in [-0.4, -0.2) is 150 Å². The number of carboxylic acids is 2. The molecule has 7 atom stereocenters. The number of aliphatic hydroxyl groups excluding tert-OH is 3. The molecule has 5 rings (SSSR count). The van der Waals surface area contributed by atoms with Crippen molar-refractivity contribution in [1.29, 1.82) is 0 Å². The van der Waals surface area contributed by atoms with Crippen LogP contribution in [-0.2, 0) is 41.5 Å². The third-order valence-corrected chi connectivity index (χ3v) is 11.4. The number of amides is 4. The Morgan fingerprint density at radius 1 is 0.898 bits per heavy atom. The first-order valence-corrected chi connectivity index (χ1v) is 20.5. The van der Waals surface area contributed by atoms with Gasteiger partial charge in [0.25, 0.3) is 0 Å². The standard InChI is InChI=1S/C37H56N6O6.C4H6O6/c1-37(2)33(48-25-49-37)22-32(44)29(19-26-13-7-4-8-14-26)40-34(45)31(21-28-23-38-24-39-28)42(3)35(46)30(20-27-15-9-5-10-16-27)41-36(47)43-17-11-6-12-18-43;5-1(3(7)8)2(6)4(9)10/h5,9-10,15-16,23-24,26,29-33,44H,4,6-8,11-14,17-22,25H2,1-3H3,(H,38,39)(H,40,45)(H,41,47);1-2,5-6H,(H,7,8)(H,9,10)/t29-,30-,31-,32-,33-;/m0./s1. The fourth-order valence-electron chi connectivity index (χ4n) is 7.74. The van der Waals surface area contributed by atoms with E-state index in [0.717, 1.165) is 50.5 Å². The molecule has 1 saturated carbocycles. The fraction of sp³-hybridized carbons (Fsp3) is 0.659. The van der Waals surface area contributed by atoms with Gasteiger partial charge in [0, 0.05) is 51.3 Å². The van der Waals surface area contributed by atoms with E-state index >= 15 is 0 Å². The van der Waals surface area contributed by atoms with Gasteiger partial charge in [0.05, 0.1) is 30.2 Å². The lowest BCUT2D eigenvalue weighted by atomic mass is 9.82. The lowest BCUT2D eigenvalue weighted by Gasteiger charge is -2.36. The van der Waals surface area contributed by atoms with Crippen molar-refractivity contribution in [2.24, 2.45) is 5.92 Å². The Balaban J connectivity index is 0.000000680. The summed E-state index contributed by atoms with van der Waals surface area (Å²) in [6, 6.07) is 6.96. The number of carbonyl (C=O) groups excluding carboxylic acids is 3. The number of aromatic amines is 1. The number of aromatic nitrogens is 2. The number of urea groups is 1. The molecule has 3 fully saturated rings. The Bertz CT molecular complexity index is 1620. The summed E-state index contributed by atoms with van der Waals surface area (Å²) < 4.78 is 11.6. The lowest BCUT2D eigenvalue weighted by Crippen LogP contribution is -2.59. The number of nitrogens with one attached hydrogen (secondary N) is 3. The van der Waals surface area contributed by atoms with E-state index in [1.165, 1.54) is 11.3 Å². The molecule has 0 spiro atoms. The first-order valence-electron chi connectivity index (χ1n) is 20.5. The number of ether oxygens (including phenoxy) is 2. The normalized spacial score (nSPS) is 21.1. The van der Waals surface area contributed by atoms with Gasteiger partial charge >= 0.3 is 18.0 Å². The molecular weight excluding hydrogens is 768 g/mol. The molecule has 2 unspecified atom stereocenters. The largest absolute Gasteiger partial charge is 0.479 e. The molecule has 1 aliphatic carbocycles. The minimum atomic E-state index is -2.27. The SMILES string of the molecule is CN(C(=O)[C@H](Cc1ccccc1)NC(=O)N1CCCCC1)[C@@H](Cc1cnc[nH]1)C(=O)N[C@@H](CC1CCCCC1)[C@@H](O)C[C@@H]1OCOC1(C)C.O=C(O)C(O)C(O)C(=O)O. The fourth-order valence-corrected chi connectivity index (χ4v) is 7.74. The van der Waals surface area contributed by atoms with Crippen LogP contribution in [0.15, 0.2) is 42.9 Å². The van der Waals surface area contributed by atoms with Crippen molar-refractivity contribution in [3.63, 3.8) is 0 Å². The zero-order valence-corrected chi connectivity index (χ0v) is 34.2. The number of benzene rings is 1. The summed E-state index contributed by atoms with van der Waals surface area (Å²) in [7, 11) is 1.62. The highest BCUT2D eigenvalue weighted by Gasteiger charge is 2.41. The van der Waals surface area contributed by atoms with E-state index in [1.54, 1.807) is 24.5 Å². The van der Waals surface area contributed by atoms with Crippen molar-refractivity contribution in [3.8, 4) is 0 Å². The van der Waals surface area contributed by atoms with E-state index in [-0.39, 0.29) is 43.6 Å². The molecule has 2 aromatic rings. The molecule has 8 N–H and O–H groups in total. The maximum Gasteiger partial charge on any atom is 0.335 e. The number of carbonyl (C=O) groups is 5. The highest BCUT2D eigenvalue weighted by molar-refractivity contribution is 5.92. The summed E-state index contributed by atoms with van der Waals surface area (Å²) in [5.41, 5.74) is 1.04. The van der Waals surface area contributed by atoms with Crippen LogP contribution in [0.3, 0.4) is 0 Å². The number of aliphatic hydroxyl groups is 3. The Labute approximate surface area is 344 Å². The number of likely N-dealkylation sites (tertiary alicyclic amines) is 1. The van der Waals surface area contributed by atoms with E-state index in [9.17, 15) is 29.1 Å². The second-order valence-electron chi connectivity index (χ2n) is 16.2. The Morgan fingerprint density at radius 2 is 1.53 bits per heavy atom. The molecule has 59 heavy (non-hydrogen) atoms. The third kappa shape index (κ3) is 14.3. The number of hydrogen-bond donors (Lipinski definition) is 8. The van der Waals surface area contributed by atoms with Gasteiger partial charge in [-0.25, -0.2) is 19.4 Å². The highest BCUT2D eigenvalue weighted by atomic mass is 16.7. The van der Waals surface area contributed by atoms with E-state index in [1.807, 2.05) is 44.2 Å². The summed E-state index contributed by atoms with van der Waals surface area (Å²) in [6.45, 7) is 5.37. The first-order chi connectivity index (χ1) is 28.1. The number of hydrogen-bond acceptors (Lipinski definition) is 11. The predicted molar refractivity (Wildman–Crippen MR) is 213 cm³/mol. The van der Waals surface area contributed by atoms with Crippen LogP contribution in [0.25, 0.3) is 0 Å². The maximum absolute atomic E-state index is 14.4. The Hall–Kier alpha value is -4.62. The summed E-state index contributed by atoms with van der Waals surface area (Å²) in [5.74, 6) is -3.89. The highest BCUT2D eigenvalue weighted by Crippen LogP contribution is 2.32. The van der Waals surface area contributed by atoms with E-state index in [0.29, 0.717) is 37.5 Å². The van der Waals surface area contributed by atoms with Gasteiger partial charge in [-0.3, -0.25) is 9.59 Å². The van der Waals surface area contributed by atoms with Crippen molar-refractivity contribution in [1.82, 2.24) is 30.4 Å². The second-order valence-corrected chi connectivity index (χ2v) is 16.2. The van der Waals surface area contributed by atoms with Crippen molar-refractivity contribution >= 4 is 29.8 Å². The maximum atomic E-state index is 14.4. The number of carboxylic acid groups (broad SMARTS) is 2. The van der Waals surface area contributed by atoms with Crippen LogP contribution in [0, 0.1) is 5.92 Å². The van der Waals surface area contributed by atoms with Gasteiger partial charge < -0.3 is 60.4 Å². The second kappa shape index (κ2) is 22.7. The zero-order valence-electron chi connectivity index (χ0n) is 34.2. The molecule has 3 heterocycles. The molecule has 3 aliphatic rings. The van der Waals surface area contributed by atoms with Gasteiger partial charge in [-0.05, 0) is 51.0 Å². The molecule has 2 aliphatic heterocycles. The van der Waals surface area contributed by atoms with Gasteiger partial charge in [0.2, 0.25) is 11.8 Å². The number of nitrogens with zero attached hydrogens (tertiary/aromatic N) is 3. The number of piperidine rings is 1. The minimum absolute atomic E-state index is 0.168. The predicted octanol–water partition coefficient (Wildman–Crippen LogP) is 1.82. The van der Waals surface area contributed by atoms with Crippen LogP contribution >= 0.6 is 0 Å². The van der Waals surface area contributed by atoms with Crippen molar-refractivity contribution < 1.29 is 59.0 Å². The minimum Gasteiger partial charge on any atom is -0.479 e. The zero-order chi connectivity index (χ0) is 43.1. The summed E-state index contributed by atoms with van der Waals surface area (Å²) >= 11 is 0. The van der Waals surface area contributed by atoms with Crippen molar-refractivity contribution in [3.05, 3.63) is 54.1 Å². The van der Waals surface area contributed by atoms with Gasteiger partial charge in [0.15, 0.2) is 12.2 Å². The molecule has 0 bridgehead atoms. The molecule has 18 heteroatoms. The number of imidazole rings is 1. The third-order valence-electron chi connectivity index (χ3n) is 11.4. The Morgan fingerprint density at radius 3 is 2.08 bits per heavy atom. The number of aliphatic carboxylic acids is 2. The topological polar surface area (TPSA) is 264 Å². The van der Waals surface area contributed by atoms with Crippen molar-refractivity contribution in [2.45, 2.75) is 139 Å². The van der Waals surface area contributed by atoms with E-state index in [2.05, 4.69) is 20.6 Å². The summed E-state index contributed by atoms with van der Waals surface area (Å²) in [6.07, 6.45) is 7.42. The van der Waals surface area contributed by atoms with Gasteiger partial charge in [-0.2, -0.15) is 0 Å². The molecule has 1 aromatic heterocycles. The quantitative estimate of drug-likeness (QED) is 0.113. The molecule has 2 saturated heterocycles. The van der Waals surface area contributed by atoms with Gasteiger partial charge in [-0.1, -0.05) is 62.4 Å². The summed E-state index contributed by atoms with van der Waals surface area (Å²) in [5, 5.41) is 50.4. The molecule has 18 nitrogen and oxygen atoms in total. The number of H-pyrrole nitrogens is 1. The molecular formula is C41H62N6O12. The van der Waals surface area contributed by atoms with Crippen LogP contribution in [0.2, 0.25) is 0 Å². The average Bonchev–Trinajstić information content (AvgIpc) is 3.87. The smallest absolute Gasteiger partial charge is 0.335 e. The van der Waals surface area contributed by atoms with E-state index in [4.69, 9.17) is 29.9 Å². The molecule has 4 amide bonds. The first kappa shape index (κ1) is 47.1. The average molecular weight is 831 g/mol. The van der Waals surface area contributed by atoms with Gasteiger partial charge in [-0.15, -0.1) is 0 Å². The monoisotopic (exact) mass is 830 g/mol. The molecule has 328 valence electrons. The number of likely N-dealkylation sites (N-methyl/N-ethyl adjacent to an activating group) is 1. The van der Waals surface area contributed by atoms with Crippen LogP contribution in [0.1, 0.15) is 89.3 Å². The van der Waals surface area contributed by atoms with Crippen LogP contribution in [0.5, 0.6) is 0 Å². The summed E-state index contributed by atoms with van der Waals surface area (Å²) in [4.78, 5) is 72.1. The van der Waals surface area contributed by atoms with E-state index < -0.39 is 54.0 Å². The van der Waals surface area contributed by atoms with Crippen molar-refractivity contribution in [2.75, 3.05) is 26.9 Å². The van der Waals surface area contributed by atoms with Crippen LogP contribution in [0.4, 0.5) is 4.79 Å².